The van der Waals surface area contributed by atoms with Gasteiger partial charge < -0.3 is 20.2 Å². The second kappa shape index (κ2) is 9.58. The summed E-state index contributed by atoms with van der Waals surface area (Å²) in [5.74, 6) is -3.09. The molecule has 2 aromatic carbocycles. The van der Waals surface area contributed by atoms with Crippen LogP contribution in [-0.2, 0) is 17.1 Å². The summed E-state index contributed by atoms with van der Waals surface area (Å²) in [6, 6.07) is 10.1. The van der Waals surface area contributed by atoms with Gasteiger partial charge in [0.05, 0.1) is 47.9 Å². The molecule has 0 unspecified atom stereocenters. The Bertz CT molecular complexity index is 1570. The molecule has 2 aliphatic heterocycles. The Hall–Kier alpha value is -3.45. The highest BCUT2D eigenvalue weighted by Gasteiger charge is 2.46. The van der Waals surface area contributed by atoms with Crippen molar-refractivity contribution < 1.29 is 27.1 Å². The topological polar surface area (TPSA) is 120 Å². The lowest BCUT2D eigenvalue weighted by atomic mass is 9.93. The number of carbonyl (C=O) groups is 1. The van der Waals surface area contributed by atoms with E-state index >= 15 is 0 Å². The number of halogens is 2. The highest BCUT2D eigenvalue weighted by atomic mass is 32.2. The van der Waals surface area contributed by atoms with Crippen molar-refractivity contribution in [1.29, 1.82) is 0 Å². The Kier molecular flexibility index (Phi) is 6.41. The normalized spacial score (nSPS) is 19.5. The first-order valence-electron chi connectivity index (χ1n) is 13.4. The molecule has 0 radical (unpaired) electrons. The average Bonchev–Trinajstić information content (AvgIpc) is 3.55. The molecule has 1 aliphatic carbocycles. The minimum absolute atomic E-state index is 0.319. The Labute approximate surface area is 231 Å². The number of benzene rings is 2. The van der Waals surface area contributed by atoms with E-state index < -0.39 is 41.4 Å². The number of aliphatic hydroxyl groups is 1. The van der Waals surface area contributed by atoms with Crippen LogP contribution in [0.3, 0.4) is 0 Å². The van der Waals surface area contributed by atoms with Crippen molar-refractivity contribution in [3.63, 3.8) is 0 Å². The number of carbonyl (C=O) groups excluding carboxylic acids is 1. The summed E-state index contributed by atoms with van der Waals surface area (Å²) in [4.78, 5) is 17.2. The lowest BCUT2D eigenvalue weighted by Crippen LogP contribution is -2.56. The summed E-state index contributed by atoms with van der Waals surface area (Å²) in [7, 11) is -1.99. The number of amides is 1. The van der Waals surface area contributed by atoms with Crippen LogP contribution in [0.4, 0.5) is 31.7 Å². The average molecular weight is 575 g/mol. The first kappa shape index (κ1) is 26.8. The van der Waals surface area contributed by atoms with Gasteiger partial charge in [-0.05, 0) is 67.5 Å². The predicted octanol–water partition coefficient (Wildman–Crippen LogP) is 3.40. The van der Waals surface area contributed by atoms with E-state index in [4.69, 9.17) is 5.11 Å². The van der Waals surface area contributed by atoms with Crippen molar-refractivity contribution in [2.75, 3.05) is 58.4 Å². The van der Waals surface area contributed by atoms with Crippen LogP contribution in [0, 0.1) is 5.41 Å². The molecule has 3 N–H and O–H groups in total. The van der Waals surface area contributed by atoms with Gasteiger partial charge in [0, 0.05) is 31.2 Å². The van der Waals surface area contributed by atoms with E-state index in [9.17, 15) is 22.0 Å². The van der Waals surface area contributed by atoms with Crippen molar-refractivity contribution in [2.45, 2.75) is 31.6 Å². The number of nitrogens with one attached hydrogen (secondary N) is 2. The van der Waals surface area contributed by atoms with Gasteiger partial charge in [0.1, 0.15) is 0 Å². The monoisotopic (exact) mass is 574 g/mol. The van der Waals surface area contributed by atoms with Crippen LogP contribution in [0.1, 0.15) is 36.0 Å². The molecule has 1 saturated carbocycles. The third-order valence-electron chi connectivity index (χ3n) is 8.23. The third kappa shape index (κ3) is 5.19. The molecule has 3 aromatic rings. The standard InChI is InChI=1S/C27H32F2N6O4S/c1-33-22-5-3-18(14-21(22)24(31-33)35-16-27(28,29)17-35)30-25(37)20-4-2-19(32-40(38,39)13-12-36)15-23(20)34-10-8-26(6-7-26)9-11-34/h2-5,14-15,32,36H,6-13,16-17H2,1H3,(H,30,37). The van der Waals surface area contributed by atoms with E-state index in [1.165, 1.54) is 23.8 Å². The molecule has 6 rings (SSSR count). The summed E-state index contributed by atoms with van der Waals surface area (Å²) < 4.78 is 55.7. The molecule has 3 fully saturated rings. The molecule has 10 nitrogen and oxygen atoms in total. The van der Waals surface area contributed by atoms with E-state index in [1.807, 2.05) is 0 Å². The van der Waals surface area contributed by atoms with Crippen LogP contribution in [0.2, 0.25) is 0 Å². The molecule has 40 heavy (non-hydrogen) atoms. The Morgan fingerprint density at radius 3 is 2.38 bits per heavy atom. The maximum atomic E-state index is 13.6. The molecule has 3 aliphatic rings. The first-order chi connectivity index (χ1) is 19.0. The fourth-order valence-corrected chi connectivity index (χ4v) is 6.55. The van der Waals surface area contributed by atoms with Crippen LogP contribution in [0.5, 0.6) is 0 Å². The maximum Gasteiger partial charge on any atom is 0.282 e. The highest BCUT2D eigenvalue weighted by Crippen LogP contribution is 2.54. The molecule has 3 heterocycles. The lowest BCUT2D eigenvalue weighted by Gasteiger charge is -2.39. The molecule has 214 valence electrons. The van der Waals surface area contributed by atoms with Gasteiger partial charge in [-0.15, -0.1) is 0 Å². The number of anilines is 4. The Balaban J connectivity index is 1.28. The molecule has 1 spiro atoms. The number of alkyl halides is 2. The zero-order chi connectivity index (χ0) is 28.3. The summed E-state index contributed by atoms with van der Waals surface area (Å²) in [6.07, 6.45) is 4.49. The number of rotatable bonds is 8. The number of hydrogen-bond donors (Lipinski definition) is 3. The number of aromatic nitrogens is 2. The molecular formula is C27H32F2N6O4S. The summed E-state index contributed by atoms with van der Waals surface area (Å²) in [6.45, 7) is 0.229. The van der Waals surface area contributed by atoms with Crippen molar-refractivity contribution in [3.8, 4) is 0 Å². The van der Waals surface area contributed by atoms with Crippen LogP contribution in [0.25, 0.3) is 10.9 Å². The van der Waals surface area contributed by atoms with Crippen molar-refractivity contribution >= 4 is 49.7 Å². The lowest BCUT2D eigenvalue weighted by molar-refractivity contribution is -0.0266. The second-order valence-electron chi connectivity index (χ2n) is 11.2. The summed E-state index contributed by atoms with van der Waals surface area (Å²) >= 11 is 0. The van der Waals surface area contributed by atoms with Crippen molar-refractivity contribution in [2.24, 2.45) is 12.5 Å². The van der Waals surface area contributed by atoms with Gasteiger partial charge in [0.25, 0.3) is 11.8 Å². The van der Waals surface area contributed by atoms with Crippen molar-refractivity contribution in [3.05, 3.63) is 42.0 Å². The largest absolute Gasteiger partial charge is 0.395 e. The maximum absolute atomic E-state index is 13.6. The molecule has 2 saturated heterocycles. The Morgan fingerprint density at radius 2 is 1.73 bits per heavy atom. The minimum Gasteiger partial charge on any atom is -0.395 e. The first-order valence-corrected chi connectivity index (χ1v) is 15.0. The molecule has 0 bridgehead atoms. The van der Waals surface area contributed by atoms with E-state index in [-0.39, 0.29) is 5.91 Å². The Morgan fingerprint density at radius 1 is 1.02 bits per heavy atom. The van der Waals surface area contributed by atoms with E-state index in [0.29, 0.717) is 39.2 Å². The number of fused-ring (bicyclic) bond motifs is 1. The fraction of sp³-hybridized carbons (Fsp3) is 0.481. The molecule has 0 atom stereocenters. The van der Waals surface area contributed by atoms with Gasteiger partial charge in [-0.2, -0.15) is 5.10 Å². The second-order valence-corrected chi connectivity index (χ2v) is 13.1. The van der Waals surface area contributed by atoms with E-state index in [2.05, 4.69) is 20.0 Å². The summed E-state index contributed by atoms with van der Waals surface area (Å²) in [5.41, 5.74) is 3.00. The van der Waals surface area contributed by atoms with Crippen LogP contribution < -0.4 is 19.8 Å². The van der Waals surface area contributed by atoms with Gasteiger partial charge in [0.15, 0.2) is 5.82 Å². The van der Waals surface area contributed by atoms with Crippen LogP contribution >= 0.6 is 0 Å². The predicted molar refractivity (Wildman–Crippen MR) is 150 cm³/mol. The number of sulfonamides is 1. The molecular weight excluding hydrogens is 542 g/mol. The SMILES string of the molecule is Cn1nc(N2CC(F)(F)C2)c2cc(NC(=O)c3ccc(NS(=O)(=O)CCO)cc3N3CCC4(CC3)CC4)ccc21. The fourth-order valence-electron chi connectivity index (χ4n) is 5.72. The quantitative estimate of drug-likeness (QED) is 0.377. The number of aliphatic hydroxyl groups excluding tert-OH is 1. The number of piperidine rings is 1. The van der Waals surface area contributed by atoms with Crippen molar-refractivity contribution in [1.82, 2.24) is 9.78 Å². The van der Waals surface area contributed by atoms with E-state index in [1.54, 1.807) is 42.1 Å². The third-order valence-corrected chi connectivity index (χ3v) is 9.50. The van der Waals surface area contributed by atoms with Gasteiger partial charge in [-0.3, -0.25) is 14.2 Å². The number of aryl methyl sites for hydroxylation is 1. The van der Waals surface area contributed by atoms with Gasteiger partial charge >= 0.3 is 0 Å². The van der Waals surface area contributed by atoms with E-state index in [0.717, 1.165) is 31.4 Å². The van der Waals surface area contributed by atoms with Gasteiger partial charge in [-0.1, -0.05) is 0 Å². The number of hydrogen-bond acceptors (Lipinski definition) is 7. The molecule has 13 heteroatoms. The van der Waals surface area contributed by atoms with Gasteiger partial charge in [-0.25, -0.2) is 17.2 Å². The summed E-state index contributed by atoms with van der Waals surface area (Å²) in [5, 5.41) is 17.1. The smallest absolute Gasteiger partial charge is 0.282 e. The molecule has 1 amide bonds. The van der Waals surface area contributed by atoms with Crippen LogP contribution in [-0.4, -0.2) is 73.7 Å². The zero-order valence-electron chi connectivity index (χ0n) is 22.2. The van der Waals surface area contributed by atoms with Crippen LogP contribution in [0.15, 0.2) is 36.4 Å². The number of nitrogens with zero attached hydrogens (tertiary/aromatic N) is 4. The molecule has 1 aromatic heterocycles. The minimum atomic E-state index is -3.74. The van der Waals surface area contributed by atoms with Gasteiger partial charge in [0.2, 0.25) is 10.0 Å². The highest BCUT2D eigenvalue weighted by molar-refractivity contribution is 7.92. The zero-order valence-corrected chi connectivity index (χ0v) is 23.0.